The third kappa shape index (κ3) is 5.23. The molecule has 10 heteroatoms. The highest BCUT2D eigenvalue weighted by atomic mass is 32.2. The van der Waals surface area contributed by atoms with E-state index >= 15 is 0 Å². The Morgan fingerprint density at radius 1 is 0.787 bits per heavy atom. The molecule has 0 radical (unpaired) electrons. The number of esters is 1. The van der Waals surface area contributed by atoms with Crippen molar-refractivity contribution in [2.24, 2.45) is 17.8 Å². The number of nitrogens with zero attached hydrogens (tertiary/aromatic N) is 2. The lowest BCUT2D eigenvalue weighted by molar-refractivity contribution is -0.122. The maximum absolute atomic E-state index is 14.4. The number of hydrogen-bond donors (Lipinski definition) is 0. The van der Waals surface area contributed by atoms with Gasteiger partial charge in [-0.15, -0.1) is 0 Å². The molecule has 2 heterocycles. The summed E-state index contributed by atoms with van der Waals surface area (Å²) in [6.45, 7) is 1.81. The van der Waals surface area contributed by atoms with Crippen molar-refractivity contribution in [2.45, 2.75) is 24.3 Å². The Morgan fingerprint density at radius 3 is 2.06 bits per heavy atom. The summed E-state index contributed by atoms with van der Waals surface area (Å²) in [5.41, 5.74) is 2.79. The summed E-state index contributed by atoms with van der Waals surface area (Å²) in [5, 5.41) is 0. The molecule has 7 rings (SSSR count). The molecule has 0 spiro atoms. The number of para-hydroxylation sites is 1. The summed E-state index contributed by atoms with van der Waals surface area (Å²) in [6.07, 6.45) is -0.0337. The van der Waals surface area contributed by atoms with Gasteiger partial charge in [0.2, 0.25) is 21.8 Å². The van der Waals surface area contributed by atoms with E-state index < -0.39 is 51.6 Å². The second kappa shape index (κ2) is 11.9. The number of amides is 2. The zero-order valence-electron chi connectivity index (χ0n) is 25.8. The first-order valence-electron chi connectivity index (χ1n) is 15.3. The molecule has 2 aliphatic heterocycles. The van der Waals surface area contributed by atoms with Crippen molar-refractivity contribution in [1.29, 1.82) is 0 Å². The maximum atomic E-state index is 14.4. The number of ether oxygens (including phenoxy) is 2. The molecule has 238 valence electrons. The van der Waals surface area contributed by atoms with Crippen LogP contribution in [0.1, 0.15) is 33.9 Å². The fourth-order valence-corrected chi connectivity index (χ4v) is 8.67. The summed E-state index contributed by atoms with van der Waals surface area (Å²) < 4.78 is 41.6. The van der Waals surface area contributed by atoms with E-state index in [0.29, 0.717) is 22.6 Å². The molecule has 1 aliphatic carbocycles. The molecule has 2 saturated heterocycles. The first kappa shape index (κ1) is 30.6. The van der Waals surface area contributed by atoms with Gasteiger partial charge >= 0.3 is 5.97 Å². The van der Waals surface area contributed by atoms with Gasteiger partial charge in [-0.3, -0.25) is 14.5 Å². The number of benzene rings is 4. The minimum Gasteiger partial charge on any atom is -0.497 e. The molecular weight excluding hydrogens is 616 g/mol. The van der Waals surface area contributed by atoms with Gasteiger partial charge < -0.3 is 9.47 Å². The second-order valence-corrected chi connectivity index (χ2v) is 13.9. The van der Waals surface area contributed by atoms with Crippen molar-refractivity contribution >= 4 is 33.5 Å². The van der Waals surface area contributed by atoms with Gasteiger partial charge in [-0.05, 0) is 66.6 Å². The average molecular weight is 649 g/mol. The number of fused-ring (bicyclic) bond motifs is 3. The zero-order chi connectivity index (χ0) is 32.9. The monoisotopic (exact) mass is 648 g/mol. The first-order valence-corrected chi connectivity index (χ1v) is 16.8. The summed E-state index contributed by atoms with van der Waals surface area (Å²) in [4.78, 5) is 43.1. The number of rotatable bonds is 7. The van der Waals surface area contributed by atoms with Gasteiger partial charge in [-0.2, -0.15) is 4.31 Å². The SMILES string of the molecule is COc1ccc(C(=O)OC2=C3[C@H](CN(S(=O)(=O)c4ccc(C)cc4)[C@@H]3c3ccccc3)[C@@H]3C(=O)N(c4ccccc4)C(=O)[C@@H]3C2)cc1. The summed E-state index contributed by atoms with van der Waals surface area (Å²) in [6, 6.07) is 30.0. The number of sulfonamides is 1. The molecule has 0 unspecified atom stereocenters. The lowest BCUT2D eigenvalue weighted by Gasteiger charge is -2.31. The van der Waals surface area contributed by atoms with Gasteiger partial charge in [0.1, 0.15) is 11.5 Å². The minimum absolute atomic E-state index is 0.0337. The van der Waals surface area contributed by atoms with E-state index in [9.17, 15) is 22.8 Å². The average Bonchev–Trinajstić information content (AvgIpc) is 3.61. The molecule has 4 atom stereocenters. The highest BCUT2D eigenvalue weighted by Crippen LogP contribution is 2.56. The van der Waals surface area contributed by atoms with Crippen molar-refractivity contribution in [2.75, 3.05) is 18.6 Å². The van der Waals surface area contributed by atoms with Crippen molar-refractivity contribution in [1.82, 2.24) is 4.31 Å². The number of methoxy groups -OCH3 is 1. The van der Waals surface area contributed by atoms with Crippen LogP contribution in [0.3, 0.4) is 0 Å². The number of anilines is 1. The van der Waals surface area contributed by atoms with Crippen LogP contribution in [0.15, 0.2) is 125 Å². The number of carbonyl (C=O) groups excluding carboxylic acids is 3. The van der Waals surface area contributed by atoms with E-state index in [2.05, 4.69) is 0 Å². The van der Waals surface area contributed by atoms with E-state index in [4.69, 9.17) is 9.47 Å². The Morgan fingerprint density at radius 2 is 1.43 bits per heavy atom. The predicted octanol–water partition coefficient (Wildman–Crippen LogP) is 5.69. The topological polar surface area (TPSA) is 110 Å². The molecule has 0 N–H and O–H groups in total. The molecule has 3 aliphatic rings. The number of hydrogen-bond acceptors (Lipinski definition) is 7. The van der Waals surface area contributed by atoms with Crippen molar-refractivity contribution < 1.29 is 32.3 Å². The third-order valence-corrected chi connectivity index (χ3v) is 11.1. The fraction of sp³-hybridized carbons (Fsp3) is 0.216. The molecule has 2 amide bonds. The van der Waals surface area contributed by atoms with Crippen molar-refractivity contribution in [3.8, 4) is 5.75 Å². The summed E-state index contributed by atoms with van der Waals surface area (Å²) in [5.74, 6) is -3.08. The Kier molecular flexibility index (Phi) is 7.77. The third-order valence-electron chi connectivity index (χ3n) is 9.29. The Hall–Kier alpha value is -5.06. The van der Waals surface area contributed by atoms with E-state index in [1.54, 1.807) is 78.9 Å². The Bertz CT molecular complexity index is 1990. The molecule has 47 heavy (non-hydrogen) atoms. The van der Waals surface area contributed by atoms with E-state index in [-0.39, 0.29) is 29.2 Å². The standard InChI is InChI=1S/C37H32N2O7S/c1-23-13-19-28(20-14-23)47(43,44)38-22-30-32-29(35(40)39(36(32)41)26-11-7-4-8-12-26)21-31(33(30)34(38)24-9-5-3-6-10-24)46-37(42)25-15-17-27(45-2)18-16-25/h3-20,29-30,32,34H,21-22H2,1-2H3/t29-,30-,32-,34-/m1/s1. The Labute approximate surface area is 273 Å². The molecular formula is C37H32N2O7S. The van der Waals surface area contributed by atoms with Crippen LogP contribution in [-0.2, 0) is 24.3 Å². The molecule has 9 nitrogen and oxygen atoms in total. The smallest absolute Gasteiger partial charge is 0.343 e. The van der Waals surface area contributed by atoms with Gasteiger partial charge in [0, 0.05) is 18.9 Å². The maximum Gasteiger partial charge on any atom is 0.343 e. The van der Waals surface area contributed by atoms with Crippen LogP contribution >= 0.6 is 0 Å². The normalized spacial score (nSPS) is 22.6. The van der Waals surface area contributed by atoms with E-state index in [1.807, 2.05) is 37.3 Å². The summed E-state index contributed by atoms with van der Waals surface area (Å²) in [7, 11) is -2.59. The minimum atomic E-state index is -4.11. The number of carbonyl (C=O) groups is 3. The van der Waals surface area contributed by atoms with Gasteiger partial charge in [0.05, 0.1) is 41.1 Å². The molecule has 0 bridgehead atoms. The Balaban J connectivity index is 1.38. The lowest BCUT2D eigenvalue weighted by Crippen LogP contribution is -2.35. The molecule has 0 aromatic heterocycles. The molecule has 4 aromatic carbocycles. The molecule has 4 aromatic rings. The van der Waals surface area contributed by atoms with E-state index in [1.165, 1.54) is 16.3 Å². The number of allylic oxidation sites excluding steroid dienone is 1. The van der Waals surface area contributed by atoms with Crippen LogP contribution in [-0.4, -0.2) is 44.2 Å². The van der Waals surface area contributed by atoms with Gasteiger partial charge in [-0.25, -0.2) is 13.2 Å². The largest absolute Gasteiger partial charge is 0.497 e. The lowest BCUT2D eigenvalue weighted by atomic mass is 9.71. The predicted molar refractivity (Wildman–Crippen MR) is 174 cm³/mol. The van der Waals surface area contributed by atoms with Crippen LogP contribution < -0.4 is 9.64 Å². The highest BCUT2D eigenvalue weighted by molar-refractivity contribution is 7.89. The zero-order valence-corrected chi connectivity index (χ0v) is 26.6. The van der Waals surface area contributed by atoms with Crippen LogP contribution in [0.2, 0.25) is 0 Å². The number of imide groups is 1. The first-order chi connectivity index (χ1) is 22.7. The summed E-state index contributed by atoms with van der Waals surface area (Å²) >= 11 is 0. The molecule has 2 fully saturated rings. The van der Waals surface area contributed by atoms with Gasteiger partial charge in [0.25, 0.3) is 0 Å². The quantitative estimate of drug-likeness (QED) is 0.187. The second-order valence-electron chi connectivity index (χ2n) is 12.0. The fourth-order valence-electron chi connectivity index (χ4n) is 7.05. The van der Waals surface area contributed by atoms with Crippen molar-refractivity contribution in [3.63, 3.8) is 0 Å². The van der Waals surface area contributed by atoms with Gasteiger partial charge in [0.15, 0.2) is 0 Å². The van der Waals surface area contributed by atoms with Crippen LogP contribution in [0.25, 0.3) is 0 Å². The van der Waals surface area contributed by atoms with E-state index in [0.717, 1.165) is 5.56 Å². The molecule has 0 saturated carbocycles. The van der Waals surface area contributed by atoms with Crippen LogP contribution in [0, 0.1) is 24.7 Å². The van der Waals surface area contributed by atoms with Crippen molar-refractivity contribution in [3.05, 3.63) is 137 Å². The van der Waals surface area contributed by atoms with Crippen LogP contribution in [0.4, 0.5) is 5.69 Å². The van der Waals surface area contributed by atoms with Gasteiger partial charge in [-0.1, -0.05) is 66.2 Å². The van der Waals surface area contributed by atoms with Crippen LogP contribution in [0.5, 0.6) is 5.75 Å². The number of aryl methyl sites for hydroxylation is 1. The highest BCUT2D eigenvalue weighted by Gasteiger charge is 2.61.